The van der Waals surface area contributed by atoms with Crippen LogP contribution in [0.2, 0.25) is 0 Å². The van der Waals surface area contributed by atoms with E-state index in [1.807, 2.05) is 0 Å². The number of rotatable bonds is 2. The Morgan fingerprint density at radius 2 is 2.13 bits per heavy atom. The fourth-order valence-corrected chi connectivity index (χ4v) is 3.05. The van der Waals surface area contributed by atoms with Crippen molar-refractivity contribution in [2.24, 2.45) is 11.8 Å². The third-order valence-corrected chi connectivity index (χ3v) is 3.83. The second-order valence-corrected chi connectivity index (χ2v) is 4.67. The third-order valence-electron chi connectivity index (χ3n) is 3.83. The molecule has 15 heavy (non-hydrogen) atoms. The summed E-state index contributed by atoms with van der Waals surface area (Å²) in [6.07, 6.45) is 7.33. The molecule has 2 atom stereocenters. The summed E-state index contributed by atoms with van der Waals surface area (Å²) in [5.74, 6) is 0.589. The molecule has 0 fully saturated rings. The average Bonchev–Trinajstić information content (AvgIpc) is 2.30. The van der Waals surface area contributed by atoms with Gasteiger partial charge in [-0.25, -0.2) is 0 Å². The van der Waals surface area contributed by atoms with Gasteiger partial charge in [-0.05, 0) is 38.5 Å². The van der Waals surface area contributed by atoms with Gasteiger partial charge in [-0.3, -0.25) is 0 Å². The molecule has 0 radical (unpaired) electrons. The van der Waals surface area contributed by atoms with Gasteiger partial charge in [-0.1, -0.05) is 11.1 Å². The second-order valence-electron chi connectivity index (χ2n) is 4.67. The maximum atomic E-state index is 9.15. The van der Waals surface area contributed by atoms with Gasteiger partial charge in [0.1, 0.15) is 0 Å². The molecule has 0 bridgehead atoms. The Hall–Kier alpha value is -0.810. The summed E-state index contributed by atoms with van der Waals surface area (Å²) in [7, 11) is 1.74. The van der Waals surface area contributed by atoms with Gasteiger partial charge in [0.05, 0.1) is 18.6 Å². The van der Waals surface area contributed by atoms with E-state index in [0.717, 1.165) is 19.4 Å². The van der Waals surface area contributed by atoms with Crippen LogP contribution in [0.5, 0.6) is 0 Å². The van der Waals surface area contributed by atoms with Crippen LogP contribution in [0.3, 0.4) is 0 Å². The van der Waals surface area contributed by atoms with E-state index in [9.17, 15) is 0 Å². The van der Waals surface area contributed by atoms with Gasteiger partial charge < -0.3 is 4.74 Å². The number of hydrogen-bond acceptors (Lipinski definition) is 2. The van der Waals surface area contributed by atoms with Crippen LogP contribution in [-0.2, 0) is 4.74 Å². The minimum absolute atomic E-state index is 0.196. The Labute approximate surface area is 91.9 Å². The highest BCUT2D eigenvalue weighted by atomic mass is 16.5. The molecule has 82 valence electrons. The number of ether oxygens (including phenoxy) is 1. The zero-order valence-corrected chi connectivity index (χ0v) is 9.46. The first-order chi connectivity index (χ1) is 7.36. The Kier molecular flexibility index (Phi) is 3.43. The van der Waals surface area contributed by atoms with Crippen molar-refractivity contribution in [3.63, 3.8) is 0 Å². The standard InChI is InChI=1S/C13H19NO/c1-15-9-13-11(8-14)7-6-10-4-2-3-5-12(10)13/h11,13H,2-7,9H2,1H3. The van der Waals surface area contributed by atoms with E-state index in [1.165, 1.54) is 25.7 Å². The second kappa shape index (κ2) is 4.81. The highest BCUT2D eigenvalue weighted by Crippen LogP contribution is 2.41. The molecule has 2 aliphatic carbocycles. The molecule has 0 aromatic carbocycles. The molecule has 0 aromatic rings. The van der Waals surface area contributed by atoms with Crippen LogP contribution in [-0.4, -0.2) is 13.7 Å². The molecular formula is C13H19NO. The molecule has 2 unspecified atom stereocenters. The summed E-state index contributed by atoms with van der Waals surface area (Å²) in [6, 6.07) is 2.46. The zero-order valence-electron chi connectivity index (χ0n) is 9.46. The van der Waals surface area contributed by atoms with Gasteiger partial charge in [-0.2, -0.15) is 5.26 Å². The third kappa shape index (κ3) is 2.08. The van der Waals surface area contributed by atoms with Gasteiger partial charge in [0, 0.05) is 13.0 Å². The molecule has 2 nitrogen and oxygen atoms in total. The molecule has 0 amide bonds. The highest BCUT2D eigenvalue weighted by molar-refractivity contribution is 5.25. The first-order valence-corrected chi connectivity index (χ1v) is 5.96. The van der Waals surface area contributed by atoms with Crippen molar-refractivity contribution in [1.82, 2.24) is 0 Å². The molecule has 2 aliphatic rings. The van der Waals surface area contributed by atoms with Crippen LogP contribution in [0.4, 0.5) is 0 Å². The van der Waals surface area contributed by atoms with Crippen molar-refractivity contribution in [3.05, 3.63) is 11.1 Å². The Balaban J connectivity index is 2.21. The maximum absolute atomic E-state index is 9.15. The lowest BCUT2D eigenvalue weighted by Gasteiger charge is -2.34. The summed E-state index contributed by atoms with van der Waals surface area (Å²) >= 11 is 0. The summed E-state index contributed by atoms with van der Waals surface area (Å²) in [5, 5.41) is 9.15. The van der Waals surface area contributed by atoms with Crippen LogP contribution >= 0.6 is 0 Å². The number of nitriles is 1. The minimum atomic E-state index is 0.196. The van der Waals surface area contributed by atoms with Crippen molar-refractivity contribution in [2.45, 2.75) is 38.5 Å². The first-order valence-electron chi connectivity index (χ1n) is 5.96. The predicted molar refractivity (Wildman–Crippen MR) is 59.2 cm³/mol. The molecule has 2 heteroatoms. The van der Waals surface area contributed by atoms with Crippen LogP contribution < -0.4 is 0 Å². The number of hydrogen-bond donors (Lipinski definition) is 0. The largest absolute Gasteiger partial charge is 0.384 e. The first kappa shape index (κ1) is 10.7. The lowest BCUT2D eigenvalue weighted by molar-refractivity contribution is 0.139. The quantitative estimate of drug-likeness (QED) is 0.649. The molecule has 0 aliphatic heterocycles. The zero-order chi connectivity index (χ0) is 10.7. The van der Waals surface area contributed by atoms with Crippen LogP contribution in [0, 0.1) is 23.2 Å². The fourth-order valence-electron chi connectivity index (χ4n) is 3.05. The number of methoxy groups -OCH3 is 1. The van der Waals surface area contributed by atoms with Crippen molar-refractivity contribution >= 4 is 0 Å². The van der Waals surface area contributed by atoms with E-state index in [0.29, 0.717) is 5.92 Å². The molecule has 0 saturated carbocycles. The monoisotopic (exact) mass is 205 g/mol. The van der Waals surface area contributed by atoms with Gasteiger partial charge in [0.25, 0.3) is 0 Å². The molecular weight excluding hydrogens is 186 g/mol. The molecule has 0 spiro atoms. The summed E-state index contributed by atoms with van der Waals surface area (Å²) < 4.78 is 5.28. The van der Waals surface area contributed by atoms with E-state index >= 15 is 0 Å². The Morgan fingerprint density at radius 1 is 1.33 bits per heavy atom. The van der Waals surface area contributed by atoms with Crippen molar-refractivity contribution in [1.29, 1.82) is 5.26 Å². The van der Waals surface area contributed by atoms with Crippen LogP contribution in [0.1, 0.15) is 38.5 Å². The van der Waals surface area contributed by atoms with Gasteiger partial charge in [-0.15, -0.1) is 0 Å². The van der Waals surface area contributed by atoms with E-state index in [1.54, 1.807) is 18.3 Å². The molecule has 0 aromatic heterocycles. The van der Waals surface area contributed by atoms with Crippen molar-refractivity contribution in [2.75, 3.05) is 13.7 Å². The number of nitrogens with zero attached hydrogens (tertiary/aromatic N) is 1. The van der Waals surface area contributed by atoms with Gasteiger partial charge >= 0.3 is 0 Å². The smallest absolute Gasteiger partial charge is 0.0663 e. The summed E-state index contributed by atoms with van der Waals surface area (Å²) in [6.45, 7) is 0.733. The normalized spacial score (nSPS) is 30.9. The lowest BCUT2D eigenvalue weighted by Crippen LogP contribution is -2.27. The summed E-state index contributed by atoms with van der Waals surface area (Å²) in [4.78, 5) is 0. The molecule has 0 N–H and O–H groups in total. The van der Waals surface area contributed by atoms with E-state index < -0.39 is 0 Å². The fraction of sp³-hybridized carbons (Fsp3) is 0.769. The predicted octanol–water partition coefficient (Wildman–Crippen LogP) is 3.05. The Morgan fingerprint density at radius 3 is 2.87 bits per heavy atom. The van der Waals surface area contributed by atoms with Crippen LogP contribution in [0.15, 0.2) is 11.1 Å². The summed E-state index contributed by atoms with van der Waals surface area (Å²) in [5.41, 5.74) is 3.22. The van der Waals surface area contributed by atoms with Crippen molar-refractivity contribution < 1.29 is 4.74 Å². The Bertz CT molecular complexity index is 300. The SMILES string of the molecule is COCC1C2=C(CCCC2)CCC1C#N. The average molecular weight is 205 g/mol. The van der Waals surface area contributed by atoms with Gasteiger partial charge in [0.2, 0.25) is 0 Å². The van der Waals surface area contributed by atoms with Crippen LogP contribution in [0.25, 0.3) is 0 Å². The van der Waals surface area contributed by atoms with E-state index in [2.05, 4.69) is 6.07 Å². The van der Waals surface area contributed by atoms with E-state index in [4.69, 9.17) is 10.00 Å². The molecule has 0 heterocycles. The highest BCUT2D eigenvalue weighted by Gasteiger charge is 2.32. The topological polar surface area (TPSA) is 33.0 Å². The van der Waals surface area contributed by atoms with E-state index in [-0.39, 0.29) is 5.92 Å². The van der Waals surface area contributed by atoms with Crippen molar-refractivity contribution in [3.8, 4) is 6.07 Å². The minimum Gasteiger partial charge on any atom is -0.384 e. The molecule has 0 saturated heterocycles. The molecule has 2 rings (SSSR count). The maximum Gasteiger partial charge on any atom is 0.0663 e. The lowest BCUT2D eigenvalue weighted by atomic mass is 9.71. The number of allylic oxidation sites excluding steroid dienone is 1. The van der Waals surface area contributed by atoms with Gasteiger partial charge in [0.15, 0.2) is 0 Å².